The molecular weight excluding hydrogens is 422 g/mol. The van der Waals surface area contributed by atoms with Gasteiger partial charge in [-0.15, -0.1) is 0 Å². The summed E-state index contributed by atoms with van der Waals surface area (Å²) in [6.45, 7) is 0. The molecule has 0 saturated heterocycles. The monoisotopic (exact) mass is 437 g/mol. The average molecular weight is 438 g/mol. The Morgan fingerprint density at radius 1 is 1.04 bits per heavy atom. The molecule has 0 atom stereocenters. The zero-order valence-electron chi connectivity index (χ0n) is 14.0. The number of methoxy groups -OCH3 is 2. The van der Waals surface area contributed by atoms with E-state index in [1.165, 1.54) is 26.4 Å². The largest absolute Gasteiger partial charge is 0.493 e. The van der Waals surface area contributed by atoms with Crippen LogP contribution in [0.1, 0.15) is 0 Å². The van der Waals surface area contributed by atoms with E-state index < -0.39 is 10.0 Å². The summed E-state index contributed by atoms with van der Waals surface area (Å²) in [5, 5.41) is 4.18. The molecule has 0 bridgehead atoms. The minimum atomic E-state index is -3.76. The first-order chi connectivity index (χ1) is 12.4. The maximum absolute atomic E-state index is 12.6. The lowest BCUT2D eigenvalue weighted by Gasteiger charge is -2.12. The highest BCUT2D eigenvalue weighted by atomic mass is 79.9. The molecule has 1 aromatic heterocycles. The van der Waals surface area contributed by atoms with Crippen molar-refractivity contribution in [3.63, 3.8) is 0 Å². The first kappa shape index (κ1) is 18.3. The number of sulfonamides is 1. The smallest absolute Gasteiger partial charge is 0.262 e. The van der Waals surface area contributed by atoms with Crippen molar-refractivity contribution in [2.24, 2.45) is 0 Å². The highest BCUT2D eigenvalue weighted by Gasteiger charge is 2.17. The Kier molecular flexibility index (Phi) is 5.19. The SMILES string of the molecule is COc1ccc(S(=O)(=O)Nc2ccc(-n3cc(Br)cn3)cc2)cc1OC. The van der Waals surface area contributed by atoms with Crippen molar-refractivity contribution in [3.05, 3.63) is 59.3 Å². The van der Waals surface area contributed by atoms with Crippen molar-refractivity contribution in [1.82, 2.24) is 9.78 Å². The lowest BCUT2D eigenvalue weighted by Crippen LogP contribution is -2.13. The number of anilines is 1. The molecule has 26 heavy (non-hydrogen) atoms. The van der Waals surface area contributed by atoms with E-state index >= 15 is 0 Å². The molecule has 0 aliphatic heterocycles. The second-order valence-corrected chi connectivity index (χ2v) is 7.87. The standard InChI is InChI=1S/C17H16BrN3O4S/c1-24-16-8-7-15(9-17(16)25-2)26(22,23)20-13-3-5-14(6-4-13)21-11-12(18)10-19-21/h3-11,20H,1-2H3. The second kappa shape index (κ2) is 7.38. The second-order valence-electron chi connectivity index (χ2n) is 5.27. The first-order valence-electron chi connectivity index (χ1n) is 7.48. The molecule has 0 radical (unpaired) electrons. The lowest BCUT2D eigenvalue weighted by molar-refractivity contribution is 0.354. The third-order valence-electron chi connectivity index (χ3n) is 3.60. The Morgan fingerprint density at radius 3 is 2.31 bits per heavy atom. The summed E-state index contributed by atoms with van der Waals surface area (Å²) in [5.41, 5.74) is 1.25. The number of hydrogen-bond donors (Lipinski definition) is 1. The van der Waals surface area contributed by atoms with E-state index in [4.69, 9.17) is 9.47 Å². The molecule has 0 spiro atoms. The number of rotatable bonds is 6. The van der Waals surface area contributed by atoms with Crippen molar-refractivity contribution in [2.75, 3.05) is 18.9 Å². The molecule has 0 saturated carbocycles. The van der Waals surface area contributed by atoms with Gasteiger partial charge in [-0.2, -0.15) is 5.10 Å². The van der Waals surface area contributed by atoms with Gasteiger partial charge in [0.15, 0.2) is 11.5 Å². The molecule has 0 fully saturated rings. The van der Waals surface area contributed by atoms with E-state index in [0.717, 1.165) is 10.2 Å². The minimum Gasteiger partial charge on any atom is -0.493 e. The molecule has 3 rings (SSSR count). The maximum Gasteiger partial charge on any atom is 0.262 e. The van der Waals surface area contributed by atoms with Crippen LogP contribution in [-0.4, -0.2) is 32.4 Å². The number of aromatic nitrogens is 2. The van der Waals surface area contributed by atoms with E-state index in [2.05, 4.69) is 25.8 Å². The van der Waals surface area contributed by atoms with Gasteiger partial charge in [-0.3, -0.25) is 4.72 Å². The molecule has 1 N–H and O–H groups in total. The van der Waals surface area contributed by atoms with Crippen molar-refractivity contribution in [3.8, 4) is 17.2 Å². The van der Waals surface area contributed by atoms with Gasteiger partial charge in [0.05, 0.1) is 35.5 Å². The van der Waals surface area contributed by atoms with Gasteiger partial charge in [-0.1, -0.05) is 0 Å². The molecule has 1 heterocycles. The molecule has 2 aromatic carbocycles. The van der Waals surface area contributed by atoms with Crippen LogP contribution in [0.2, 0.25) is 0 Å². The van der Waals surface area contributed by atoms with E-state index in [9.17, 15) is 8.42 Å². The van der Waals surface area contributed by atoms with Crippen LogP contribution in [0, 0.1) is 0 Å². The summed E-state index contributed by atoms with van der Waals surface area (Å²) in [5.74, 6) is 0.802. The molecular formula is C17H16BrN3O4S. The summed E-state index contributed by atoms with van der Waals surface area (Å²) < 4.78 is 40.6. The van der Waals surface area contributed by atoms with Crippen LogP contribution in [0.3, 0.4) is 0 Å². The van der Waals surface area contributed by atoms with E-state index in [1.807, 2.05) is 6.20 Å². The van der Waals surface area contributed by atoms with Gasteiger partial charge in [-0.05, 0) is 52.3 Å². The molecule has 3 aromatic rings. The molecule has 136 valence electrons. The van der Waals surface area contributed by atoms with E-state index in [1.54, 1.807) is 41.2 Å². The summed E-state index contributed by atoms with van der Waals surface area (Å²) >= 11 is 3.34. The summed E-state index contributed by atoms with van der Waals surface area (Å²) in [6.07, 6.45) is 3.48. The molecule has 0 amide bonds. The summed E-state index contributed by atoms with van der Waals surface area (Å²) in [6, 6.07) is 11.3. The van der Waals surface area contributed by atoms with Crippen molar-refractivity contribution in [1.29, 1.82) is 0 Å². The maximum atomic E-state index is 12.6. The van der Waals surface area contributed by atoms with Crippen LogP contribution in [0.5, 0.6) is 11.5 Å². The van der Waals surface area contributed by atoms with Crippen LogP contribution < -0.4 is 14.2 Å². The van der Waals surface area contributed by atoms with Gasteiger partial charge in [-0.25, -0.2) is 13.1 Å². The quantitative estimate of drug-likeness (QED) is 0.638. The Balaban J connectivity index is 1.83. The van der Waals surface area contributed by atoms with Crippen LogP contribution >= 0.6 is 15.9 Å². The Bertz CT molecular complexity index is 1020. The highest BCUT2D eigenvalue weighted by Crippen LogP contribution is 2.30. The van der Waals surface area contributed by atoms with Gasteiger partial charge in [0.25, 0.3) is 10.0 Å². The van der Waals surface area contributed by atoms with Crippen molar-refractivity contribution in [2.45, 2.75) is 4.90 Å². The molecule has 7 nitrogen and oxygen atoms in total. The molecule has 9 heteroatoms. The zero-order valence-corrected chi connectivity index (χ0v) is 16.4. The summed E-state index contributed by atoms with van der Waals surface area (Å²) in [7, 11) is -0.817. The third-order valence-corrected chi connectivity index (χ3v) is 5.39. The number of nitrogens with zero attached hydrogens (tertiary/aromatic N) is 2. The Morgan fingerprint density at radius 2 is 1.73 bits per heavy atom. The predicted octanol–water partition coefficient (Wildman–Crippen LogP) is 3.45. The van der Waals surface area contributed by atoms with Crippen LogP contribution in [0.25, 0.3) is 5.69 Å². The number of ether oxygens (including phenoxy) is 2. The fourth-order valence-electron chi connectivity index (χ4n) is 2.32. The minimum absolute atomic E-state index is 0.0789. The Hall–Kier alpha value is -2.52. The van der Waals surface area contributed by atoms with Gasteiger partial charge in [0.2, 0.25) is 0 Å². The fourth-order valence-corrected chi connectivity index (χ4v) is 3.68. The highest BCUT2D eigenvalue weighted by molar-refractivity contribution is 9.10. The van der Waals surface area contributed by atoms with Gasteiger partial charge < -0.3 is 9.47 Å². The number of nitrogens with one attached hydrogen (secondary N) is 1. The third kappa shape index (κ3) is 3.83. The molecule has 0 unspecified atom stereocenters. The van der Waals surface area contributed by atoms with E-state index in [-0.39, 0.29) is 4.90 Å². The van der Waals surface area contributed by atoms with E-state index in [0.29, 0.717) is 17.2 Å². The van der Waals surface area contributed by atoms with Crippen LogP contribution in [-0.2, 0) is 10.0 Å². The number of halogens is 1. The van der Waals surface area contributed by atoms with Gasteiger partial charge >= 0.3 is 0 Å². The first-order valence-corrected chi connectivity index (χ1v) is 9.76. The van der Waals surface area contributed by atoms with Crippen molar-refractivity contribution < 1.29 is 17.9 Å². The lowest BCUT2D eigenvalue weighted by atomic mass is 10.3. The predicted molar refractivity (Wildman–Crippen MR) is 102 cm³/mol. The fraction of sp³-hybridized carbons (Fsp3) is 0.118. The normalized spacial score (nSPS) is 11.2. The number of benzene rings is 2. The van der Waals surface area contributed by atoms with Gasteiger partial charge in [0, 0.05) is 18.0 Å². The molecule has 0 aliphatic rings. The topological polar surface area (TPSA) is 82.5 Å². The van der Waals surface area contributed by atoms with Gasteiger partial charge in [0.1, 0.15) is 0 Å². The zero-order chi connectivity index (χ0) is 18.7. The Labute approximate surface area is 159 Å². The van der Waals surface area contributed by atoms with Crippen LogP contribution in [0.4, 0.5) is 5.69 Å². The van der Waals surface area contributed by atoms with Crippen molar-refractivity contribution >= 4 is 31.6 Å². The van der Waals surface area contributed by atoms with Crippen LogP contribution in [0.15, 0.2) is 64.2 Å². The summed E-state index contributed by atoms with van der Waals surface area (Å²) in [4.78, 5) is 0.0789. The average Bonchev–Trinajstić information content (AvgIpc) is 3.07. The molecule has 0 aliphatic carbocycles. The number of hydrogen-bond acceptors (Lipinski definition) is 5.